The molecule has 0 unspecified atom stereocenters. The van der Waals surface area contributed by atoms with Crippen molar-refractivity contribution in [2.75, 3.05) is 0 Å². The average Bonchev–Trinajstić information content (AvgIpc) is 2.38. The first kappa shape index (κ1) is 11.1. The zero-order valence-corrected chi connectivity index (χ0v) is 9.40. The molecule has 4 heteroatoms. The third-order valence-electron chi connectivity index (χ3n) is 2.57. The van der Waals surface area contributed by atoms with E-state index in [0.717, 1.165) is 17.5 Å². The summed E-state index contributed by atoms with van der Waals surface area (Å²) < 4.78 is 0. The third kappa shape index (κ3) is 2.08. The normalized spacial score (nSPS) is 9.88. The van der Waals surface area contributed by atoms with Crippen LogP contribution in [-0.4, -0.2) is 9.97 Å². The van der Waals surface area contributed by atoms with E-state index in [9.17, 15) is 4.79 Å². The van der Waals surface area contributed by atoms with Crippen LogP contribution in [-0.2, 0) is 6.42 Å². The maximum atomic E-state index is 11.5. The van der Waals surface area contributed by atoms with E-state index in [-0.39, 0.29) is 5.56 Å². The lowest BCUT2D eigenvalue weighted by Gasteiger charge is -2.04. The molecule has 2 aromatic rings. The van der Waals surface area contributed by atoms with E-state index in [4.69, 9.17) is 5.26 Å². The van der Waals surface area contributed by atoms with Gasteiger partial charge in [0.05, 0.1) is 12.0 Å². The largest absolute Gasteiger partial charge is 0.312 e. The summed E-state index contributed by atoms with van der Waals surface area (Å²) in [5.41, 5.74) is 2.03. The van der Waals surface area contributed by atoms with Crippen molar-refractivity contribution in [3.63, 3.8) is 0 Å². The molecular weight excluding hydrogens is 214 g/mol. The highest BCUT2D eigenvalue weighted by Crippen LogP contribution is 2.19. The monoisotopic (exact) mass is 225 g/mol. The van der Waals surface area contributed by atoms with Crippen LogP contribution in [0.25, 0.3) is 11.3 Å². The minimum Gasteiger partial charge on any atom is -0.312 e. The van der Waals surface area contributed by atoms with Gasteiger partial charge >= 0.3 is 0 Å². The van der Waals surface area contributed by atoms with Gasteiger partial charge in [-0.15, -0.1) is 0 Å². The lowest BCUT2D eigenvalue weighted by Crippen LogP contribution is -2.12. The van der Waals surface area contributed by atoms with Crippen LogP contribution in [0.3, 0.4) is 0 Å². The molecule has 17 heavy (non-hydrogen) atoms. The lowest BCUT2D eigenvalue weighted by molar-refractivity contribution is 1.10. The van der Waals surface area contributed by atoms with Crippen LogP contribution in [0.4, 0.5) is 0 Å². The van der Waals surface area contributed by atoms with Crippen molar-refractivity contribution < 1.29 is 0 Å². The number of nitriles is 1. The van der Waals surface area contributed by atoms with Crippen molar-refractivity contribution in [1.82, 2.24) is 9.97 Å². The fourth-order valence-corrected chi connectivity index (χ4v) is 1.66. The second-order valence-corrected chi connectivity index (χ2v) is 3.62. The zero-order chi connectivity index (χ0) is 12.3. The first-order valence-corrected chi connectivity index (χ1v) is 5.33. The molecular formula is C13H11N3O. The van der Waals surface area contributed by atoms with Gasteiger partial charge in [-0.3, -0.25) is 4.79 Å². The molecule has 0 spiro atoms. The topological polar surface area (TPSA) is 69.5 Å². The molecule has 0 aliphatic heterocycles. The van der Waals surface area contributed by atoms with Gasteiger partial charge in [0.25, 0.3) is 5.56 Å². The van der Waals surface area contributed by atoms with Crippen LogP contribution in [0.15, 0.2) is 35.4 Å². The van der Waals surface area contributed by atoms with Crippen molar-refractivity contribution in [3.05, 3.63) is 52.1 Å². The number of aryl methyl sites for hydroxylation is 1. The van der Waals surface area contributed by atoms with Crippen LogP contribution in [0, 0.1) is 11.3 Å². The molecule has 1 aromatic carbocycles. The highest BCUT2D eigenvalue weighted by atomic mass is 16.1. The molecule has 0 radical (unpaired) electrons. The Morgan fingerprint density at radius 1 is 1.47 bits per heavy atom. The molecule has 1 aromatic heterocycles. The first-order chi connectivity index (χ1) is 8.26. The van der Waals surface area contributed by atoms with Gasteiger partial charge in [0.15, 0.2) is 0 Å². The van der Waals surface area contributed by atoms with Crippen LogP contribution in [0.1, 0.15) is 18.1 Å². The average molecular weight is 225 g/mol. The van der Waals surface area contributed by atoms with Crippen LogP contribution >= 0.6 is 0 Å². The Morgan fingerprint density at radius 3 is 3.00 bits per heavy atom. The standard InChI is InChI=1S/C13H11N3O/c1-2-9-4-3-5-10(6-9)12-11(7-14)13(17)16-8-15-12/h3-6,8H,2H2,1H3,(H,15,16,17). The molecule has 0 bridgehead atoms. The molecule has 84 valence electrons. The van der Waals surface area contributed by atoms with E-state index in [0.29, 0.717) is 5.69 Å². The van der Waals surface area contributed by atoms with Crippen molar-refractivity contribution in [3.8, 4) is 17.3 Å². The maximum Gasteiger partial charge on any atom is 0.269 e. The summed E-state index contributed by atoms with van der Waals surface area (Å²) in [5.74, 6) is 0. The number of rotatable bonds is 2. The summed E-state index contributed by atoms with van der Waals surface area (Å²) in [5, 5.41) is 8.98. The number of benzene rings is 1. The fourth-order valence-electron chi connectivity index (χ4n) is 1.66. The number of nitrogens with one attached hydrogen (secondary N) is 1. The second-order valence-electron chi connectivity index (χ2n) is 3.62. The number of aromatic amines is 1. The van der Waals surface area contributed by atoms with E-state index >= 15 is 0 Å². The Labute approximate surface area is 98.6 Å². The second kappa shape index (κ2) is 4.62. The first-order valence-electron chi connectivity index (χ1n) is 5.33. The van der Waals surface area contributed by atoms with E-state index in [1.807, 2.05) is 30.3 Å². The maximum absolute atomic E-state index is 11.5. The van der Waals surface area contributed by atoms with Crippen LogP contribution < -0.4 is 5.56 Å². The van der Waals surface area contributed by atoms with Crippen LogP contribution in [0.2, 0.25) is 0 Å². The van der Waals surface area contributed by atoms with E-state index in [2.05, 4.69) is 16.9 Å². The summed E-state index contributed by atoms with van der Waals surface area (Å²) in [4.78, 5) is 18.0. The third-order valence-corrected chi connectivity index (χ3v) is 2.57. The molecule has 1 N–H and O–H groups in total. The Hall–Kier alpha value is -2.41. The van der Waals surface area contributed by atoms with Gasteiger partial charge in [-0.1, -0.05) is 25.1 Å². The van der Waals surface area contributed by atoms with Gasteiger partial charge in [-0.05, 0) is 18.1 Å². The number of H-pyrrole nitrogens is 1. The highest BCUT2D eigenvalue weighted by Gasteiger charge is 2.10. The molecule has 0 aliphatic rings. The van der Waals surface area contributed by atoms with Gasteiger partial charge < -0.3 is 4.98 Å². The number of hydrogen-bond donors (Lipinski definition) is 1. The van der Waals surface area contributed by atoms with Gasteiger partial charge in [-0.2, -0.15) is 5.26 Å². The Kier molecular flexibility index (Phi) is 3.01. The van der Waals surface area contributed by atoms with E-state index in [1.54, 1.807) is 0 Å². The Bertz CT molecular complexity index is 638. The molecule has 2 rings (SSSR count). The number of nitrogens with zero attached hydrogens (tertiary/aromatic N) is 2. The predicted octanol–water partition coefficient (Wildman–Crippen LogP) is 1.87. The van der Waals surface area contributed by atoms with Crippen LogP contribution in [0.5, 0.6) is 0 Å². The Balaban J connectivity index is 2.65. The zero-order valence-electron chi connectivity index (χ0n) is 9.40. The quantitative estimate of drug-likeness (QED) is 0.848. The number of aromatic nitrogens is 2. The fraction of sp³-hybridized carbons (Fsp3) is 0.154. The summed E-state index contributed by atoms with van der Waals surface area (Å²) in [6, 6.07) is 9.59. The Morgan fingerprint density at radius 2 is 2.29 bits per heavy atom. The molecule has 0 fully saturated rings. The molecule has 0 aliphatic carbocycles. The molecule has 0 saturated heterocycles. The minimum absolute atomic E-state index is 0.0563. The molecule has 0 atom stereocenters. The molecule has 0 amide bonds. The predicted molar refractivity (Wildman–Crippen MR) is 64.4 cm³/mol. The summed E-state index contributed by atoms with van der Waals surface area (Å²) in [7, 11) is 0. The minimum atomic E-state index is -0.403. The van der Waals surface area contributed by atoms with Crippen molar-refractivity contribution in [2.24, 2.45) is 0 Å². The smallest absolute Gasteiger partial charge is 0.269 e. The van der Waals surface area contributed by atoms with Gasteiger partial charge in [0.1, 0.15) is 11.6 Å². The van der Waals surface area contributed by atoms with Gasteiger partial charge in [0, 0.05) is 5.56 Å². The molecule has 1 heterocycles. The van der Waals surface area contributed by atoms with Gasteiger partial charge in [0.2, 0.25) is 0 Å². The SMILES string of the molecule is CCc1cccc(-c2nc[nH]c(=O)c2C#N)c1. The summed E-state index contributed by atoms with van der Waals surface area (Å²) >= 11 is 0. The highest BCUT2D eigenvalue weighted by molar-refractivity contribution is 5.66. The van der Waals surface area contributed by atoms with Crippen molar-refractivity contribution >= 4 is 0 Å². The van der Waals surface area contributed by atoms with Gasteiger partial charge in [-0.25, -0.2) is 4.98 Å². The number of hydrogen-bond acceptors (Lipinski definition) is 3. The summed E-state index contributed by atoms with van der Waals surface area (Å²) in [6.07, 6.45) is 2.22. The molecule has 0 saturated carbocycles. The van der Waals surface area contributed by atoms with E-state index < -0.39 is 5.56 Å². The van der Waals surface area contributed by atoms with Crippen molar-refractivity contribution in [1.29, 1.82) is 5.26 Å². The van der Waals surface area contributed by atoms with E-state index in [1.165, 1.54) is 6.33 Å². The summed E-state index contributed by atoms with van der Waals surface area (Å²) in [6.45, 7) is 2.05. The lowest BCUT2D eigenvalue weighted by atomic mass is 10.0. The van der Waals surface area contributed by atoms with Crippen molar-refractivity contribution in [2.45, 2.75) is 13.3 Å². The molecule has 4 nitrogen and oxygen atoms in total.